The first-order chi connectivity index (χ1) is 8.08. The van der Waals surface area contributed by atoms with Gasteiger partial charge >= 0.3 is 0 Å². The topological polar surface area (TPSA) is 41.5 Å². The first-order valence-electron chi connectivity index (χ1n) is 5.92. The van der Waals surface area contributed by atoms with Gasteiger partial charge in [-0.1, -0.05) is 19.9 Å². The number of amides is 1. The summed E-state index contributed by atoms with van der Waals surface area (Å²) in [6.45, 7) is 6.32. The van der Waals surface area contributed by atoms with Crippen molar-refractivity contribution in [2.75, 3.05) is 0 Å². The molecule has 0 fully saturated rings. The summed E-state index contributed by atoms with van der Waals surface area (Å²) in [7, 11) is 0. The number of carbonyl (C=O) groups excluding carboxylic acids is 1. The van der Waals surface area contributed by atoms with Crippen LogP contribution in [0, 0.1) is 5.92 Å². The highest BCUT2D eigenvalue weighted by Crippen LogP contribution is 2.08. The van der Waals surface area contributed by atoms with Crippen LogP contribution in [-0.4, -0.2) is 11.6 Å². The lowest BCUT2D eigenvalue weighted by molar-refractivity contribution is -0.120. The van der Waals surface area contributed by atoms with Crippen molar-refractivity contribution in [1.29, 1.82) is 0 Å². The normalized spacial score (nSPS) is 11.9. The van der Waals surface area contributed by atoms with E-state index in [0.717, 1.165) is 23.4 Å². The molecule has 1 amide bonds. The van der Waals surface area contributed by atoms with Gasteiger partial charge in [-0.2, -0.15) is 5.10 Å². The molecule has 94 valence electrons. The zero-order chi connectivity index (χ0) is 12.7. The Bertz CT molecular complexity index is 369. The lowest BCUT2D eigenvalue weighted by Crippen LogP contribution is -2.20. The van der Waals surface area contributed by atoms with E-state index in [1.54, 1.807) is 11.3 Å². The van der Waals surface area contributed by atoms with Crippen LogP contribution in [0.3, 0.4) is 0 Å². The van der Waals surface area contributed by atoms with Crippen LogP contribution in [-0.2, 0) is 11.2 Å². The van der Waals surface area contributed by atoms with E-state index in [1.165, 1.54) is 0 Å². The van der Waals surface area contributed by atoms with Crippen LogP contribution in [0.5, 0.6) is 0 Å². The SMILES string of the molecule is C/C(CCC(C)C)=N\NC(=O)Cc1cccs1. The van der Waals surface area contributed by atoms with E-state index in [0.29, 0.717) is 12.3 Å². The third-order valence-corrected chi connectivity index (χ3v) is 3.25. The highest BCUT2D eigenvalue weighted by Gasteiger charge is 2.03. The van der Waals surface area contributed by atoms with Crippen LogP contribution in [0.15, 0.2) is 22.6 Å². The van der Waals surface area contributed by atoms with Crippen LogP contribution >= 0.6 is 11.3 Å². The molecule has 17 heavy (non-hydrogen) atoms. The third-order valence-electron chi connectivity index (χ3n) is 2.37. The Morgan fingerprint density at radius 3 is 2.88 bits per heavy atom. The molecule has 0 aliphatic rings. The Morgan fingerprint density at radius 2 is 2.29 bits per heavy atom. The van der Waals surface area contributed by atoms with Gasteiger partial charge in [0.1, 0.15) is 0 Å². The summed E-state index contributed by atoms with van der Waals surface area (Å²) in [4.78, 5) is 12.6. The lowest BCUT2D eigenvalue weighted by Gasteiger charge is -2.04. The molecule has 1 rings (SSSR count). The summed E-state index contributed by atoms with van der Waals surface area (Å²) in [5.41, 5.74) is 3.58. The van der Waals surface area contributed by atoms with Crippen LogP contribution in [0.25, 0.3) is 0 Å². The summed E-state index contributed by atoms with van der Waals surface area (Å²) in [5, 5.41) is 6.07. The largest absolute Gasteiger partial charge is 0.273 e. The zero-order valence-corrected chi connectivity index (χ0v) is 11.5. The first kappa shape index (κ1) is 13.9. The molecule has 3 nitrogen and oxygen atoms in total. The van der Waals surface area contributed by atoms with Crippen LogP contribution in [0.4, 0.5) is 0 Å². The Balaban J connectivity index is 2.29. The van der Waals surface area contributed by atoms with E-state index in [9.17, 15) is 4.79 Å². The third kappa shape index (κ3) is 6.22. The number of thiophene rings is 1. The molecule has 1 aromatic rings. The molecular formula is C13H20N2OS. The minimum Gasteiger partial charge on any atom is -0.273 e. The van der Waals surface area contributed by atoms with Gasteiger partial charge in [-0.3, -0.25) is 4.79 Å². The van der Waals surface area contributed by atoms with Crippen molar-refractivity contribution in [2.45, 2.75) is 40.0 Å². The molecule has 0 atom stereocenters. The van der Waals surface area contributed by atoms with Crippen LogP contribution in [0.2, 0.25) is 0 Å². The van der Waals surface area contributed by atoms with Crippen molar-refractivity contribution < 1.29 is 4.79 Å². The van der Waals surface area contributed by atoms with Gasteiger partial charge in [-0.25, -0.2) is 5.43 Å². The average Bonchev–Trinajstić information content (AvgIpc) is 2.76. The smallest absolute Gasteiger partial charge is 0.245 e. The van der Waals surface area contributed by atoms with E-state index >= 15 is 0 Å². The van der Waals surface area contributed by atoms with Gasteiger partial charge in [-0.15, -0.1) is 11.3 Å². The predicted molar refractivity (Wildman–Crippen MR) is 73.3 cm³/mol. The molecule has 1 N–H and O–H groups in total. The van der Waals surface area contributed by atoms with Crippen molar-refractivity contribution in [2.24, 2.45) is 11.0 Å². The Morgan fingerprint density at radius 1 is 1.53 bits per heavy atom. The fourth-order valence-electron chi connectivity index (χ4n) is 1.32. The second-order valence-electron chi connectivity index (χ2n) is 4.57. The summed E-state index contributed by atoms with van der Waals surface area (Å²) < 4.78 is 0. The minimum atomic E-state index is -0.0450. The molecule has 0 radical (unpaired) electrons. The molecule has 0 unspecified atom stereocenters. The fraction of sp³-hybridized carbons (Fsp3) is 0.538. The Kier molecular flexibility index (Phi) is 5.91. The van der Waals surface area contributed by atoms with Gasteiger partial charge in [0.05, 0.1) is 6.42 Å². The second kappa shape index (κ2) is 7.22. The molecule has 0 aromatic carbocycles. The van der Waals surface area contributed by atoms with Gasteiger partial charge in [0.2, 0.25) is 5.91 Å². The highest BCUT2D eigenvalue weighted by molar-refractivity contribution is 7.10. The van der Waals surface area contributed by atoms with E-state index < -0.39 is 0 Å². The molecule has 4 heteroatoms. The average molecular weight is 252 g/mol. The van der Waals surface area contributed by atoms with E-state index in [1.807, 2.05) is 24.4 Å². The van der Waals surface area contributed by atoms with Gasteiger partial charge < -0.3 is 0 Å². The monoisotopic (exact) mass is 252 g/mol. The molecule has 1 heterocycles. The summed E-state index contributed by atoms with van der Waals surface area (Å²) in [6, 6.07) is 3.91. The fourth-order valence-corrected chi connectivity index (χ4v) is 2.03. The predicted octanol–water partition coefficient (Wildman–Crippen LogP) is 3.22. The molecule has 0 aliphatic carbocycles. The molecule has 0 spiro atoms. The molecule has 1 aromatic heterocycles. The quantitative estimate of drug-likeness (QED) is 0.613. The molecule has 0 bridgehead atoms. The number of nitrogens with one attached hydrogen (secondary N) is 1. The molecular weight excluding hydrogens is 232 g/mol. The van der Waals surface area contributed by atoms with Crippen LogP contribution < -0.4 is 5.43 Å². The maximum Gasteiger partial charge on any atom is 0.245 e. The number of carbonyl (C=O) groups is 1. The van der Waals surface area contributed by atoms with Crippen molar-refractivity contribution in [1.82, 2.24) is 5.43 Å². The minimum absolute atomic E-state index is 0.0450. The lowest BCUT2D eigenvalue weighted by atomic mass is 10.1. The molecule has 0 saturated carbocycles. The van der Waals surface area contributed by atoms with E-state index in [4.69, 9.17) is 0 Å². The van der Waals surface area contributed by atoms with E-state index in [2.05, 4.69) is 24.4 Å². The van der Waals surface area contributed by atoms with Crippen molar-refractivity contribution in [3.05, 3.63) is 22.4 Å². The molecule has 0 aliphatic heterocycles. The number of nitrogens with zero attached hydrogens (tertiary/aromatic N) is 1. The molecule has 0 saturated heterocycles. The van der Waals surface area contributed by atoms with Gasteiger partial charge in [0, 0.05) is 10.6 Å². The first-order valence-corrected chi connectivity index (χ1v) is 6.80. The maximum absolute atomic E-state index is 11.5. The standard InChI is InChI=1S/C13H20N2OS/c1-10(2)6-7-11(3)14-15-13(16)9-12-5-4-8-17-12/h4-5,8,10H,6-7,9H2,1-3H3,(H,15,16)/b14-11+. The number of hydrogen-bond acceptors (Lipinski definition) is 3. The highest BCUT2D eigenvalue weighted by atomic mass is 32.1. The maximum atomic E-state index is 11.5. The van der Waals surface area contributed by atoms with Gasteiger partial charge in [0.25, 0.3) is 0 Å². The summed E-state index contributed by atoms with van der Waals surface area (Å²) in [5.74, 6) is 0.623. The van der Waals surface area contributed by atoms with Crippen LogP contribution in [0.1, 0.15) is 38.5 Å². The van der Waals surface area contributed by atoms with Gasteiger partial charge in [0.15, 0.2) is 0 Å². The zero-order valence-electron chi connectivity index (χ0n) is 10.7. The second-order valence-corrected chi connectivity index (χ2v) is 5.60. The van der Waals surface area contributed by atoms with Crippen molar-refractivity contribution in [3.8, 4) is 0 Å². The summed E-state index contributed by atoms with van der Waals surface area (Å²) >= 11 is 1.59. The number of hydrazone groups is 1. The Hall–Kier alpha value is -1.16. The van der Waals surface area contributed by atoms with Crippen molar-refractivity contribution in [3.63, 3.8) is 0 Å². The summed E-state index contributed by atoms with van der Waals surface area (Å²) in [6.07, 6.45) is 2.46. The number of rotatable bonds is 6. The number of hydrogen-bond donors (Lipinski definition) is 1. The van der Waals surface area contributed by atoms with E-state index in [-0.39, 0.29) is 5.91 Å². The van der Waals surface area contributed by atoms with Crippen molar-refractivity contribution >= 4 is 23.0 Å². The Labute approximate surface area is 107 Å². The van der Waals surface area contributed by atoms with Gasteiger partial charge in [-0.05, 0) is 37.1 Å².